The lowest BCUT2D eigenvalue weighted by atomic mass is 9.97. The number of phenols is 5. The Labute approximate surface area is 145 Å². The van der Waals surface area contributed by atoms with Gasteiger partial charge in [-0.2, -0.15) is 0 Å². The summed E-state index contributed by atoms with van der Waals surface area (Å²) < 4.78 is 0. The van der Waals surface area contributed by atoms with Crippen molar-refractivity contribution in [1.29, 1.82) is 0 Å². The van der Waals surface area contributed by atoms with Crippen LogP contribution >= 0.6 is 0 Å². The first-order valence-corrected chi connectivity index (χ1v) is 7.67. The van der Waals surface area contributed by atoms with Crippen molar-refractivity contribution in [2.45, 2.75) is 20.3 Å². The Bertz CT molecular complexity index is 839. The van der Waals surface area contributed by atoms with Crippen LogP contribution in [-0.4, -0.2) is 38.3 Å². The summed E-state index contributed by atoms with van der Waals surface area (Å²) >= 11 is 0. The van der Waals surface area contributed by atoms with Crippen LogP contribution in [0.15, 0.2) is 40.9 Å². The second-order valence-corrected chi connectivity index (χ2v) is 5.71. The fourth-order valence-corrected chi connectivity index (χ4v) is 2.59. The maximum Gasteiger partial charge on any atom is 0.208 e. The maximum absolute atomic E-state index is 10.1. The number of allylic oxidation sites excluding steroid dienone is 2. The largest absolute Gasteiger partial charge is 0.504 e. The first kappa shape index (κ1) is 18.2. The molecule has 6 nitrogen and oxygen atoms in total. The van der Waals surface area contributed by atoms with Crippen LogP contribution in [0.25, 0.3) is 0 Å². The number of aryl methyl sites for hydroxylation is 1. The van der Waals surface area contributed by atoms with Gasteiger partial charge in [0.05, 0.1) is 11.3 Å². The summed E-state index contributed by atoms with van der Waals surface area (Å²) in [6.07, 6.45) is 2.47. The summed E-state index contributed by atoms with van der Waals surface area (Å²) in [5.74, 6) is -4.33. The van der Waals surface area contributed by atoms with E-state index in [1.165, 1.54) is 7.05 Å². The van der Waals surface area contributed by atoms with Crippen molar-refractivity contribution < 1.29 is 25.5 Å². The zero-order chi connectivity index (χ0) is 18.7. The molecule has 0 aromatic heterocycles. The van der Waals surface area contributed by atoms with Gasteiger partial charge >= 0.3 is 0 Å². The lowest BCUT2D eigenvalue weighted by Gasteiger charge is -2.14. The van der Waals surface area contributed by atoms with Gasteiger partial charge in [0, 0.05) is 7.05 Å². The van der Waals surface area contributed by atoms with Crippen molar-refractivity contribution >= 4 is 5.71 Å². The van der Waals surface area contributed by atoms with Crippen LogP contribution in [0.2, 0.25) is 0 Å². The third-order valence-electron chi connectivity index (χ3n) is 4.09. The molecule has 0 heterocycles. The molecule has 5 N–H and O–H groups in total. The molecular weight excluding hydrogens is 322 g/mol. The van der Waals surface area contributed by atoms with Crippen LogP contribution in [0.4, 0.5) is 0 Å². The van der Waals surface area contributed by atoms with Gasteiger partial charge in [0.2, 0.25) is 17.2 Å². The molecule has 2 rings (SSSR count). The molecule has 0 aliphatic carbocycles. The van der Waals surface area contributed by atoms with E-state index in [4.69, 9.17) is 0 Å². The summed E-state index contributed by atoms with van der Waals surface area (Å²) in [5, 5.41) is 49.1. The number of aliphatic imine (C=N–C) groups is 1. The van der Waals surface area contributed by atoms with Gasteiger partial charge in [-0.3, -0.25) is 4.99 Å². The Morgan fingerprint density at radius 3 is 1.96 bits per heavy atom. The lowest BCUT2D eigenvalue weighted by Crippen LogP contribution is -2.05. The van der Waals surface area contributed by atoms with E-state index in [2.05, 4.69) is 4.99 Å². The lowest BCUT2D eigenvalue weighted by molar-refractivity contribution is 0.327. The normalized spacial score (nSPS) is 12.4. The van der Waals surface area contributed by atoms with Crippen LogP contribution in [-0.2, 0) is 6.42 Å². The third kappa shape index (κ3) is 3.38. The molecule has 0 unspecified atom stereocenters. The Balaban J connectivity index is 2.48. The zero-order valence-corrected chi connectivity index (χ0v) is 14.3. The summed E-state index contributed by atoms with van der Waals surface area (Å²) in [5.41, 5.74) is 2.82. The molecule has 0 fully saturated rings. The molecule has 0 amide bonds. The van der Waals surface area contributed by atoms with Gasteiger partial charge in [-0.05, 0) is 37.0 Å². The van der Waals surface area contributed by atoms with Crippen molar-refractivity contribution in [3.05, 3.63) is 52.6 Å². The van der Waals surface area contributed by atoms with E-state index in [1.54, 1.807) is 6.92 Å². The predicted molar refractivity (Wildman–Crippen MR) is 95.9 cm³/mol. The number of phenolic OH excluding ortho intramolecular Hbond substituents is 5. The fourth-order valence-electron chi connectivity index (χ4n) is 2.59. The van der Waals surface area contributed by atoms with E-state index in [0.717, 1.165) is 11.1 Å². The van der Waals surface area contributed by atoms with Crippen molar-refractivity contribution in [1.82, 2.24) is 0 Å². The van der Waals surface area contributed by atoms with Gasteiger partial charge in [0.1, 0.15) is 0 Å². The summed E-state index contributed by atoms with van der Waals surface area (Å²) in [6, 6.07) is 7.89. The van der Waals surface area contributed by atoms with Gasteiger partial charge in [-0.1, -0.05) is 30.3 Å². The second-order valence-electron chi connectivity index (χ2n) is 5.71. The summed E-state index contributed by atoms with van der Waals surface area (Å²) in [7, 11) is 1.46. The van der Waals surface area contributed by atoms with E-state index in [0.29, 0.717) is 12.0 Å². The molecule has 2 aromatic carbocycles. The maximum atomic E-state index is 10.1. The third-order valence-corrected chi connectivity index (χ3v) is 4.09. The van der Waals surface area contributed by atoms with Gasteiger partial charge in [-0.25, -0.2) is 0 Å². The molecule has 0 saturated carbocycles. The molecule has 25 heavy (non-hydrogen) atoms. The molecular formula is C19H21NO5. The Kier molecular flexibility index (Phi) is 5.22. The SMILES string of the molecule is CN=C(/C(C)=C\Cc1ccccc1C)c1c(O)c(O)c(O)c(O)c1O. The Hall–Kier alpha value is -3.15. The quantitative estimate of drug-likeness (QED) is 0.332. The van der Waals surface area contributed by atoms with Crippen molar-refractivity contribution in [2.75, 3.05) is 7.05 Å². The molecule has 0 radical (unpaired) electrons. The fraction of sp³-hybridized carbons (Fsp3) is 0.211. The van der Waals surface area contributed by atoms with Gasteiger partial charge < -0.3 is 25.5 Å². The topological polar surface area (TPSA) is 114 Å². The zero-order valence-electron chi connectivity index (χ0n) is 14.3. The van der Waals surface area contributed by atoms with E-state index in [9.17, 15) is 25.5 Å². The number of rotatable bonds is 4. The molecule has 0 bridgehead atoms. The van der Waals surface area contributed by atoms with E-state index < -0.39 is 28.7 Å². The molecule has 0 aliphatic rings. The molecule has 0 spiro atoms. The number of hydrogen-bond donors (Lipinski definition) is 5. The minimum absolute atomic E-state index is 0.189. The first-order chi connectivity index (χ1) is 11.8. The van der Waals surface area contributed by atoms with Crippen LogP contribution in [0, 0.1) is 6.92 Å². The second kappa shape index (κ2) is 7.17. The number of nitrogens with zero attached hydrogens (tertiary/aromatic N) is 1. The van der Waals surface area contributed by atoms with Crippen LogP contribution in [0.1, 0.15) is 23.6 Å². The average molecular weight is 343 g/mol. The number of hydrogen-bond acceptors (Lipinski definition) is 6. The highest BCUT2D eigenvalue weighted by molar-refractivity contribution is 6.16. The smallest absolute Gasteiger partial charge is 0.208 e. The van der Waals surface area contributed by atoms with Gasteiger partial charge in [0.25, 0.3) is 0 Å². The number of aromatic hydroxyl groups is 5. The molecule has 2 aromatic rings. The highest BCUT2D eigenvalue weighted by atomic mass is 16.4. The molecule has 0 atom stereocenters. The Morgan fingerprint density at radius 1 is 0.920 bits per heavy atom. The monoisotopic (exact) mass is 343 g/mol. The van der Waals surface area contributed by atoms with Crippen molar-refractivity contribution in [3.8, 4) is 28.7 Å². The van der Waals surface area contributed by atoms with Gasteiger partial charge in [0.15, 0.2) is 11.5 Å². The van der Waals surface area contributed by atoms with Crippen LogP contribution in [0.3, 0.4) is 0 Å². The predicted octanol–water partition coefficient (Wildman–Crippen LogP) is 3.13. The molecule has 6 heteroatoms. The summed E-state index contributed by atoms with van der Waals surface area (Å²) in [4.78, 5) is 4.05. The first-order valence-electron chi connectivity index (χ1n) is 7.67. The number of benzene rings is 2. The van der Waals surface area contributed by atoms with E-state index in [1.807, 2.05) is 37.3 Å². The van der Waals surface area contributed by atoms with Crippen LogP contribution < -0.4 is 0 Å². The highest BCUT2D eigenvalue weighted by Gasteiger charge is 2.26. The average Bonchev–Trinajstić information content (AvgIpc) is 2.61. The van der Waals surface area contributed by atoms with Crippen molar-refractivity contribution in [3.63, 3.8) is 0 Å². The van der Waals surface area contributed by atoms with Gasteiger partial charge in [-0.15, -0.1) is 0 Å². The minimum Gasteiger partial charge on any atom is -0.504 e. The minimum atomic E-state index is -0.990. The van der Waals surface area contributed by atoms with E-state index in [-0.39, 0.29) is 11.3 Å². The molecule has 0 aliphatic heterocycles. The summed E-state index contributed by atoms with van der Waals surface area (Å²) in [6.45, 7) is 3.74. The van der Waals surface area contributed by atoms with Crippen LogP contribution in [0.5, 0.6) is 28.7 Å². The van der Waals surface area contributed by atoms with E-state index >= 15 is 0 Å². The highest BCUT2D eigenvalue weighted by Crippen LogP contribution is 2.51. The molecule has 0 saturated heterocycles. The van der Waals surface area contributed by atoms with Crippen molar-refractivity contribution in [2.24, 2.45) is 4.99 Å². The molecule has 132 valence electrons. The Morgan fingerprint density at radius 2 is 1.44 bits per heavy atom. The standard InChI is InChI=1S/C19H21NO5/c1-10-6-4-5-7-12(10)9-8-11(2)14(20-3)13-15(21)17(23)19(25)18(24)16(13)22/h4-8,21-25H,9H2,1-3H3/b11-8-,20-14?.